The highest BCUT2D eigenvalue weighted by molar-refractivity contribution is 9.10. The molecule has 2 nitrogen and oxygen atoms in total. The van der Waals surface area contributed by atoms with E-state index in [0.717, 1.165) is 26.1 Å². The smallest absolute Gasteiger partial charge is 0.0423 e. The fourth-order valence-corrected chi connectivity index (χ4v) is 2.73. The Morgan fingerprint density at radius 3 is 2.95 bits per heavy atom. The van der Waals surface area contributed by atoms with Gasteiger partial charge in [0.1, 0.15) is 0 Å². The minimum atomic E-state index is 0.711. The number of aromatic nitrogens is 1. The van der Waals surface area contributed by atoms with Gasteiger partial charge in [0.05, 0.1) is 0 Å². The molecule has 0 aliphatic rings. The molecule has 0 atom stereocenters. The highest BCUT2D eigenvalue weighted by atomic mass is 79.9. The lowest BCUT2D eigenvalue weighted by Crippen LogP contribution is -2.00. The zero-order chi connectivity index (χ0) is 13.9. The molecule has 0 aliphatic carbocycles. The molecule has 4 heteroatoms. The molecule has 0 amide bonds. The Balaban J connectivity index is 1.89. The zero-order valence-electron chi connectivity index (χ0n) is 10.6. The maximum absolute atomic E-state index is 6.04. The van der Waals surface area contributed by atoms with Crippen LogP contribution in [0.1, 0.15) is 5.56 Å². The summed E-state index contributed by atoms with van der Waals surface area (Å²) in [7, 11) is 0. The third kappa shape index (κ3) is 2.79. The monoisotopic (exact) mass is 346 g/mol. The zero-order valence-corrected chi connectivity index (χ0v) is 12.9. The summed E-state index contributed by atoms with van der Waals surface area (Å²) < 4.78 is 1.05. The molecule has 3 rings (SSSR count). The van der Waals surface area contributed by atoms with E-state index in [4.69, 9.17) is 11.6 Å². The molecule has 2 aromatic carbocycles. The molecule has 0 aliphatic heterocycles. The number of rotatable bonds is 3. The predicted molar refractivity (Wildman–Crippen MR) is 88.2 cm³/mol. The molecule has 100 valence electrons. The summed E-state index contributed by atoms with van der Waals surface area (Å²) in [5.41, 5.74) is 2.22. The van der Waals surface area contributed by atoms with E-state index in [1.165, 1.54) is 5.39 Å². The quantitative estimate of drug-likeness (QED) is 0.699. The SMILES string of the molecule is Clc1ccc(Br)c(CNc2cccc3cnccc23)c1. The van der Waals surface area contributed by atoms with Crippen LogP contribution in [0.15, 0.2) is 59.3 Å². The molecule has 0 bridgehead atoms. The normalized spacial score (nSPS) is 10.7. The summed E-state index contributed by atoms with van der Waals surface area (Å²) >= 11 is 9.58. The van der Waals surface area contributed by atoms with Crippen molar-refractivity contribution in [1.82, 2.24) is 4.98 Å². The summed E-state index contributed by atoms with van der Waals surface area (Å²) in [6.07, 6.45) is 3.68. The maximum atomic E-state index is 6.04. The molecule has 0 radical (unpaired) electrons. The van der Waals surface area contributed by atoms with E-state index in [2.05, 4.69) is 38.4 Å². The number of benzene rings is 2. The van der Waals surface area contributed by atoms with Crippen molar-refractivity contribution in [1.29, 1.82) is 0 Å². The Bertz CT molecular complexity index is 753. The summed E-state index contributed by atoms with van der Waals surface area (Å²) in [6.45, 7) is 0.711. The van der Waals surface area contributed by atoms with Gasteiger partial charge >= 0.3 is 0 Å². The first kappa shape index (κ1) is 13.4. The number of hydrogen-bond donors (Lipinski definition) is 1. The second kappa shape index (κ2) is 5.81. The van der Waals surface area contributed by atoms with Gasteiger partial charge in [0, 0.05) is 44.9 Å². The van der Waals surface area contributed by atoms with E-state index in [1.54, 1.807) is 0 Å². The first-order valence-electron chi connectivity index (χ1n) is 6.24. The molecular formula is C16H12BrClN2. The molecule has 0 fully saturated rings. The summed E-state index contributed by atoms with van der Waals surface area (Å²) in [5.74, 6) is 0. The maximum Gasteiger partial charge on any atom is 0.0423 e. The van der Waals surface area contributed by atoms with Gasteiger partial charge in [0.15, 0.2) is 0 Å². The predicted octanol–water partition coefficient (Wildman–Crippen LogP) is 5.26. The first-order chi connectivity index (χ1) is 9.74. The van der Waals surface area contributed by atoms with Gasteiger partial charge in [-0.1, -0.05) is 39.7 Å². The van der Waals surface area contributed by atoms with E-state index >= 15 is 0 Å². The van der Waals surface area contributed by atoms with Crippen molar-refractivity contribution in [2.24, 2.45) is 0 Å². The molecule has 0 spiro atoms. The second-order valence-corrected chi connectivity index (χ2v) is 5.78. The minimum Gasteiger partial charge on any atom is -0.380 e. The van der Waals surface area contributed by atoms with Crippen LogP contribution < -0.4 is 5.32 Å². The van der Waals surface area contributed by atoms with Crippen LogP contribution in [-0.2, 0) is 6.54 Å². The fraction of sp³-hybridized carbons (Fsp3) is 0.0625. The van der Waals surface area contributed by atoms with Crippen LogP contribution in [0.3, 0.4) is 0 Å². The Hall–Kier alpha value is -1.58. The van der Waals surface area contributed by atoms with Gasteiger partial charge in [-0.15, -0.1) is 0 Å². The summed E-state index contributed by atoms with van der Waals surface area (Å²) in [4.78, 5) is 4.15. The van der Waals surface area contributed by atoms with Crippen LogP contribution in [0.2, 0.25) is 5.02 Å². The highest BCUT2D eigenvalue weighted by Crippen LogP contribution is 2.25. The standard InChI is InChI=1S/C16H12BrClN2/c17-15-5-4-13(18)8-12(15)10-20-16-3-1-2-11-9-19-7-6-14(11)16/h1-9,20H,10H2. The topological polar surface area (TPSA) is 24.9 Å². The number of pyridine rings is 1. The number of anilines is 1. The van der Waals surface area contributed by atoms with Gasteiger partial charge in [-0.25, -0.2) is 0 Å². The van der Waals surface area contributed by atoms with Crippen molar-refractivity contribution < 1.29 is 0 Å². The molecule has 1 heterocycles. The number of hydrogen-bond acceptors (Lipinski definition) is 2. The van der Waals surface area contributed by atoms with Crippen LogP contribution in [0.4, 0.5) is 5.69 Å². The van der Waals surface area contributed by atoms with Gasteiger partial charge in [0.2, 0.25) is 0 Å². The molecule has 1 aromatic heterocycles. The van der Waals surface area contributed by atoms with Gasteiger partial charge in [-0.3, -0.25) is 4.98 Å². The van der Waals surface area contributed by atoms with Crippen LogP contribution in [-0.4, -0.2) is 4.98 Å². The molecule has 3 aromatic rings. The van der Waals surface area contributed by atoms with Crippen molar-refractivity contribution in [2.75, 3.05) is 5.32 Å². The average Bonchev–Trinajstić information content (AvgIpc) is 2.48. The fourth-order valence-electron chi connectivity index (χ4n) is 2.15. The number of nitrogens with one attached hydrogen (secondary N) is 1. The third-order valence-electron chi connectivity index (χ3n) is 3.16. The lowest BCUT2D eigenvalue weighted by Gasteiger charge is -2.11. The Kier molecular flexibility index (Phi) is 3.90. The van der Waals surface area contributed by atoms with Crippen LogP contribution in [0.5, 0.6) is 0 Å². The van der Waals surface area contributed by atoms with E-state index in [9.17, 15) is 0 Å². The largest absolute Gasteiger partial charge is 0.380 e. The van der Waals surface area contributed by atoms with E-state index in [0.29, 0.717) is 6.54 Å². The Labute approximate surface area is 130 Å². The molecule has 0 saturated carbocycles. The van der Waals surface area contributed by atoms with Gasteiger partial charge in [-0.2, -0.15) is 0 Å². The van der Waals surface area contributed by atoms with E-state index in [1.807, 2.05) is 42.7 Å². The lowest BCUT2D eigenvalue weighted by atomic mass is 10.1. The Morgan fingerprint density at radius 1 is 1.15 bits per heavy atom. The highest BCUT2D eigenvalue weighted by Gasteiger charge is 2.03. The minimum absolute atomic E-state index is 0.711. The first-order valence-corrected chi connectivity index (χ1v) is 7.42. The Morgan fingerprint density at radius 2 is 2.05 bits per heavy atom. The molecule has 0 unspecified atom stereocenters. The second-order valence-electron chi connectivity index (χ2n) is 4.49. The molecule has 1 N–H and O–H groups in total. The van der Waals surface area contributed by atoms with Crippen molar-refractivity contribution >= 4 is 44.0 Å². The van der Waals surface area contributed by atoms with Crippen molar-refractivity contribution in [2.45, 2.75) is 6.54 Å². The van der Waals surface area contributed by atoms with Gasteiger partial charge in [0.25, 0.3) is 0 Å². The molecular weight excluding hydrogens is 336 g/mol. The van der Waals surface area contributed by atoms with E-state index in [-0.39, 0.29) is 0 Å². The molecule has 0 saturated heterocycles. The van der Waals surface area contributed by atoms with Crippen molar-refractivity contribution in [3.63, 3.8) is 0 Å². The van der Waals surface area contributed by atoms with Crippen LogP contribution >= 0.6 is 27.5 Å². The van der Waals surface area contributed by atoms with Crippen molar-refractivity contribution in [3.05, 3.63) is 69.9 Å². The summed E-state index contributed by atoms with van der Waals surface area (Å²) in [6, 6.07) is 14.0. The van der Waals surface area contributed by atoms with Crippen molar-refractivity contribution in [3.8, 4) is 0 Å². The van der Waals surface area contributed by atoms with Gasteiger partial charge in [-0.05, 0) is 35.9 Å². The van der Waals surface area contributed by atoms with E-state index < -0.39 is 0 Å². The number of fused-ring (bicyclic) bond motifs is 1. The molecule has 20 heavy (non-hydrogen) atoms. The van der Waals surface area contributed by atoms with Crippen LogP contribution in [0.25, 0.3) is 10.8 Å². The van der Waals surface area contributed by atoms with Crippen LogP contribution in [0, 0.1) is 0 Å². The average molecular weight is 348 g/mol. The van der Waals surface area contributed by atoms with Gasteiger partial charge < -0.3 is 5.32 Å². The lowest BCUT2D eigenvalue weighted by molar-refractivity contribution is 1.14. The third-order valence-corrected chi connectivity index (χ3v) is 4.17. The number of nitrogens with zero attached hydrogens (tertiary/aromatic N) is 1. The summed E-state index contributed by atoms with van der Waals surface area (Å²) in [5, 5.41) is 6.49. The number of halogens is 2.